The molecule has 0 fully saturated rings. The van der Waals surface area contributed by atoms with Gasteiger partial charge in [-0.3, -0.25) is 4.79 Å². The van der Waals surface area contributed by atoms with E-state index in [0.29, 0.717) is 18.5 Å². The fraction of sp³-hybridized carbons (Fsp3) is 0.211. The lowest BCUT2D eigenvalue weighted by Crippen LogP contribution is -2.26. The van der Waals surface area contributed by atoms with Crippen LogP contribution in [0, 0.1) is 12.3 Å². The molecular weight excluding hydrogens is 390 g/mol. The number of hydrogen-bond acceptors (Lipinski definition) is 4. The van der Waals surface area contributed by atoms with E-state index < -0.39 is 16.6 Å². The predicted octanol–water partition coefficient (Wildman–Crippen LogP) is 2.17. The Labute approximate surface area is 162 Å². The number of carbonyl (C=O) groups is 1. The average molecular weight is 408 g/mol. The van der Waals surface area contributed by atoms with Gasteiger partial charge in [-0.25, -0.2) is 8.42 Å². The summed E-state index contributed by atoms with van der Waals surface area (Å²) in [6, 6.07) is 11.5. The van der Waals surface area contributed by atoms with E-state index in [9.17, 15) is 22.0 Å². The molecule has 0 radical (unpaired) electrons. The Morgan fingerprint density at radius 2 is 1.75 bits per heavy atom. The minimum Gasteiger partial charge on any atom is -0.435 e. The molecule has 0 aliphatic rings. The third kappa shape index (κ3) is 6.33. The van der Waals surface area contributed by atoms with Crippen molar-refractivity contribution >= 4 is 15.9 Å². The first-order valence-electron chi connectivity index (χ1n) is 8.17. The molecule has 0 bridgehead atoms. The second kappa shape index (κ2) is 9.82. The highest BCUT2D eigenvalue weighted by Gasteiger charge is 2.14. The van der Waals surface area contributed by atoms with Gasteiger partial charge in [-0.1, -0.05) is 18.1 Å². The van der Waals surface area contributed by atoms with Crippen LogP contribution >= 0.6 is 0 Å². The lowest BCUT2D eigenvalue weighted by molar-refractivity contribution is -0.0498. The van der Waals surface area contributed by atoms with Gasteiger partial charge < -0.3 is 10.1 Å². The Morgan fingerprint density at radius 3 is 2.32 bits per heavy atom. The molecule has 148 valence electrons. The maximum absolute atomic E-state index is 12.1. The second-order valence-corrected chi connectivity index (χ2v) is 7.35. The molecule has 6 nitrogen and oxygen atoms in total. The summed E-state index contributed by atoms with van der Waals surface area (Å²) in [6.45, 7) is -2.68. The molecular formula is C19H18F2N2O4S. The first kappa shape index (κ1) is 21.3. The zero-order valence-electron chi connectivity index (χ0n) is 14.7. The maximum atomic E-state index is 12.1. The molecule has 28 heavy (non-hydrogen) atoms. The number of carbonyl (C=O) groups excluding carboxylic acids is 1. The van der Waals surface area contributed by atoms with Crippen molar-refractivity contribution in [2.24, 2.45) is 0 Å². The largest absolute Gasteiger partial charge is 0.435 e. The fourth-order valence-electron chi connectivity index (χ4n) is 2.27. The highest BCUT2D eigenvalue weighted by Crippen LogP contribution is 2.15. The summed E-state index contributed by atoms with van der Waals surface area (Å²) in [5.74, 6) is 1.88. The minimum atomic E-state index is -3.71. The van der Waals surface area contributed by atoms with E-state index in [1.165, 1.54) is 36.4 Å². The number of alkyl halides is 2. The van der Waals surface area contributed by atoms with Gasteiger partial charge in [-0.05, 0) is 48.4 Å². The van der Waals surface area contributed by atoms with Crippen molar-refractivity contribution in [1.29, 1.82) is 0 Å². The minimum absolute atomic E-state index is 0.00501. The van der Waals surface area contributed by atoms with Crippen molar-refractivity contribution in [3.05, 3.63) is 59.7 Å². The van der Waals surface area contributed by atoms with Crippen molar-refractivity contribution in [2.45, 2.75) is 17.9 Å². The molecule has 2 aromatic rings. The number of benzene rings is 2. The second-order valence-electron chi connectivity index (χ2n) is 5.58. The SMILES string of the molecule is C#CCNS(=O)(=O)c1ccc(C(=O)NCCc2ccc(OC(F)F)cc2)cc1. The maximum Gasteiger partial charge on any atom is 0.387 e. The van der Waals surface area contributed by atoms with Crippen molar-refractivity contribution in [2.75, 3.05) is 13.1 Å². The molecule has 1 amide bonds. The van der Waals surface area contributed by atoms with Crippen LogP contribution in [0.1, 0.15) is 15.9 Å². The summed E-state index contributed by atoms with van der Waals surface area (Å²) in [6.07, 6.45) is 5.52. The molecule has 0 heterocycles. The van der Waals surface area contributed by atoms with Crippen LogP contribution in [0.5, 0.6) is 5.75 Å². The normalized spacial score (nSPS) is 11.1. The number of sulfonamides is 1. The first-order chi connectivity index (χ1) is 13.3. The summed E-state index contributed by atoms with van der Waals surface area (Å²) in [5.41, 5.74) is 1.14. The summed E-state index contributed by atoms with van der Waals surface area (Å²) >= 11 is 0. The van der Waals surface area contributed by atoms with Crippen molar-refractivity contribution in [3.8, 4) is 18.1 Å². The van der Waals surface area contributed by atoms with E-state index in [1.54, 1.807) is 12.1 Å². The zero-order valence-corrected chi connectivity index (χ0v) is 15.5. The van der Waals surface area contributed by atoms with Gasteiger partial charge in [-0.15, -0.1) is 6.42 Å². The third-order valence-electron chi connectivity index (χ3n) is 3.64. The quantitative estimate of drug-likeness (QED) is 0.623. The Balaban J connectivity index is 1.87. The van der Waals surface area contributed by atoms with E-state index in [2.05, 4.69) is 20.7 Å². The van der Waals surface area contributed by atoms with Gasteiger partial charge in [0.25, 0.3) is 5.91 Å². The van der Waals surface area contributed by atoms with Crippen molar-refractivity contribution < 1.29 is 26.7 Å². The number of nitrogens with one attached hydrogen (secondary N) is 2. The molecule has 0 unspecified atom stereocenters. The number of rotatable bonds is 9. The molecule has 0 saturated carbocycles. The zero-order chi connectivity index (χ0) is 20.6. The predicted molar refractivity (Wildman–Crippen MR) is 99.6 cm³/mol. The molecule has 2 aromatic carbocycles. The molecule has 2 N–H and O–H groups in total. The number of terminal acetylenes is 1. The molecule has 0 aromatic heterocycles. The van der Waals surface area contributed by atoms with Crippen LogP contribution in [-0.4, -0.2) is 34.0 Å². The molecule has 9 heteroatoms. The van der Waals surface area contributed by atoms with Crippen molar-refractivity contribution in [1.82, 2.24) is 10.0 Å². The highest BCUT2D eigenvalue weighted by molar-refractivity contribution is 7.89. The van der Waals surface area contributed by atoms with E-state index in [0.717, 1.165) is 5.56 Å². The van der Waals surface area contributed by atoms with Gasteiger partial charge in [0.2, 0.25) is 10.0 Å². The van der Waals surface area contributed by atoms with Gasteiger partial charge >= 0.3 is 6.61 Å². The summed E-state index contributed by atoms with van der Waals surface area (Å²) in [4.78, 5) is 12.1. The van der Waals surface area contributed by atoms with Crippen LogP contribution in [0.2, 0.25) is 0 Å². The number of amides is 1. The third-order valence-corrected chi connectivity index (χ3v) is 5.06. The Morgan fingerprint density at radius 1 is 1.11 bits per heavy atom. The van der Waals surface area contributed by atoms with Crippen LogP contribution in [0.3, 0.4) is 0 Å². The van der Waals surface area contributed by atoms with E-state index in [1.807, 2.05) is 0 Å². The fourth-order valence-corrected chi connectivity index (χ4v) is 3.20. The van der Waals surface area contributed by atoms with Gasteiger partial charge in [0, 0.05) is 12.1 Å². The van der Waals surface area contributed by atoms with Gasteiger partial charge in [-0.2, -0.15) is 13.5 Å². The van der Waals surface area contributed by atoms with Crippen LogP contribution in [0.15, 0.2) is 53.4 Å². The summed E-state index contributed by atoms with van der Waals surface area (Å²) in [5, 5.41) is 2.70. The topological polar surface area (TPSA) is 84.5 Å². The molecule has 0 atom stereocenters. The first-order valence-corrected chi connectivity index (χ1v) is 9.65. The van der Waals surface area contributed by atoms with E-state index in [-0.39, 0.29) is 23.1 Å². The number of ether oxygens (including phenoxy) is 1. The molecule has 0 saturated heterocycles. The van der Waals surface area contributed by atoms with Crippen LogP contribution < -0.4 is 14.8 Å². The number of hydrogen-bond donors (Lipinski definition) is 2. The average Bonchev–Trinajstić information content (AvgIpc) is 2.67. The van der Waals surface area contributed by atoms with Crippen molar-refractivity contribution in [3.63, 3.8) is 0 Å². The van der Waals surface area contributed by atoms with Gasteiger partial charge in [0.05, 0.1) is 11.4 Å². The monoisotopic (exact) mass is 408 g/mol. The van der Waals surface area contributed by atoms with E-state index >= 15 is 0 Å². The summed E-state index contributed by atoms with van der Waals surface area (Å²) < 4.78 is 54.6. The van der Waals surface area contributed by atoms with Crippen LogP contribution in [-0.2, 0) is 16.4 Å². The lowest BCUT2D eigenvalue weighted by atomic mass is 10.1. The van der Waals surface area contributed by atoms with E-state index in [4.69, 9.17) is 6.42 Å². The Hall–Kier alpha value is -2.96. The van der Waals surface area contributed by atoms with Crippen LogP contribution in [0.4, 0.5) is 8.78 Å². The van der Waals surface area contributed by atoms with Gasteiger partial charge in [0.1, 0.15) is 5.75 Å². The standard InChI is InChI=1S/C19H18F2N2O4S/c1-2-12-23-28(25,26)17-9-5-15(6-10-17)18(24)22-13-11-14-3-7-16(8-4-14)27-19(20)21/h1,3-10,19,23H,11-13H2,(H,22,24). The Kier molecular flexibility index (Phi) is 7.49. The smallest absolute Gasteiger partial charge is 0.387 e. The Bertz CT molecular complexity index is 937. The molecule has 2 rings (SSSR count). The van der Waals surface area contributed by atoms with Gasteiger partial charge in [0.15, 0.2) is 0 Å². The number of halogens is 2. The summed E-state index contributed by atoms with van der Waals surface area (Å²) in [7, 11) is -3.71. The molecule has 0 aliphatic carbocycles. The highest BCUT2D eigenvalue weighted by atomic mass is 32.2. The lowest BCUT2D eigenvalue weighted by Gasteiger charge is -2.08. The molecule has 0 aliphatic heterocycles. The van der Waals surface area contributed by atoms with Crippen LogP contribution in [0.25, 0.3) is 0 Å². The molecule has 0 spiro atoms.